The third-order valence-electron chi connectivity index (χ3n) is 5.25. The number of ether oxygens (including phenoxy) is 2. The number of rotatable bonds is 7. The minimum absolute atomic E-state index is 0.122. The van der Waals surface area contributed by atoms with E-state index in [1.165, 1.54) is 16.8 Å². The average molecular weight is 436 g/mol. The predicted octanol–water partition coefficient (Wildman–Crippen LogP) is 2.14. The molecule has 0 radical (unpaired) electrons. The quantitative estimate of drug-likeness (QED) is 0.583. The van der Waals surface area contributed by atoms with Crippen LogP contribution in [0, 0.1) is 0 Å². The molecular formula is C23H24N4O5. The van der Waals surface area contributed by atoms with Crippen molar-refractivity contribution in [1.82, 2.24) is 14.5 Å². The molecule has 4 rings (SSSR count). The highest BCUT2D eigenvalue weighted by Crippen LogP contribution is 2.33. The molecule has 166 valence electrons. The van der Waals surface area contributed by atoms with Crippen molar-refractivity contribution in [3.8, 4) is 0 Å². The zero-order valence-electron chi connectivity index (χ0n) is 17.5. The fraction of sp³-hybridized carbons (Fsp3) is 0.304. The van der Waals surface area contributed by atoms with Gasteiger partial charge >= 0.3 is 5.69 Å². The third kappa shape index (κ3) is 4.75. The molecule has 0 aliphatic carbocycles. The first-order valence-corrected chi connectivity index (χ1v) is 10.4. The highest BCUT2D eigenvalue weighted by atomic mass is 16.6. The van der Waals surface area contributed by atoms with Crippen LogP contribution in [-0.4, -0.2) is 43.9 Å². The molecule has 4 atom stereocenters. The Balaban J connectivity index is 1.52. The molecule has 1 aliphatic rings. The number of carbonyl (C=O) groups excluding carboxylic acids is 1. The Morgan fingerprint density at radius 1 is 1.19 bits per heavy atom. The van der Waals surface area contributed by atoms with Gasteiger partial charge in [-0.25, -0.2) is 4.79 Å². The standard InChI is InChI=1S/C23H24N4O5/c1-2-17-19(28)20(31-14-16-10-6-7-12-24-16)22(32-17)27-13-11-18(26-23(27)30)25-21(29)15-8-4-3-5-9-15/h3-13,17,19-20,22,28H,2,14H2,1H3,(H,25,26,29,30)/t17-,19?,20+,22-/m1/s1. The summed E-state index contributed by atoms with van der Waals surface area (Å²) in [4.78, 5) is 33.2. The van der Waals surface area contributed by atoms with E-state index in [-0.39, 0.29) is 18.3 Å². The van der Waals surface area contributed by atoms with E-state index < -0.39 is 30.2 Å². The molecule has 0 bridgehead atoms. The Labute approximate surface area is 184 Å². The van der Waals surface area contributed by atoms with Crippen molar-refractivity contribution in [2.24, 2.45) is 0 Å². The summed E-state index contributed by atoms with van der Waals surface area (Å²) in [6.07, 6.45) is 0.625. The average Bonchev–Trinajstić information content (AvgIpc) is 3.14. The summed E-state index contributed by atoms with van der Waals surface area (Å²) in [6, 6.07) is 15.6. The highest BCUT2D eigenvalue weighted by molar-refractivity contribution is 6.03. The molecule has 3 aromatic rings. The maximum absolute atomic E-state index is 12.7. The number of pyridine rings is 1. The van der Waals surface area contributed by atoms with E-state index in [0.29, 0.717) is 17.7 Å². The number of carbonyl (C=O) groups is 1. The lowest BCUT2D eigenvalue weighted by molar-refractivity contribution is -0.0777. The van der Waals surface area contributed by atoms with Crippen molar-refractivity contribution in [1.29, 1.82) is 0 Å². The first-order chi connectivity index (χ1) is 15.6. The summed E-state index contributed by atoms with van der Waals surface area (Å²) in [6.45, 7) is 2.04. The molecule has 1 saturated heterocycles. The van der Waals surface area contributed by atoms with Crippen molar-refractivity contribution in [3.05, 3.63) is 88.7 Å². The zero-order valence-corrected chi connectivity index (χ0v) is 17.5. The molecule has 0 spiro atoms. The number of benzene rings is 1. The van der Waals surface area contributed by atoms with Gasteiger partial charge in [-0.2, -0.15) is 4.98 Å². The van der Waals surface area contributed by atoms with Crippen molar-refractivity contribution in [2.45, 2.75) is 44.5 Å². The minimum Gasteiger partial charge on any atom is -0.388 e. The van der Waals surface area contributed by atoms with Crippen LogP contribution in [0.3, 0.4) is 0 Å². The largest absolute Gasteiger partial charge is 0.388 e. The van der Waals surface area contributed by atoms with E-state index in [4.69, 9.17) is 9.47 Å². The summed E-state index contributed by atoms with van der Waals surface area (Å²) in [5, 5.41) is 13.3. The van der Waals surface area contributed by atoms with Gasteiger partial charge in [-0.15, -0.1) is 0 Å². The van der Waals surface area contributed by atoms with Crippen molar-refractivity contribution in [3.63, 3.8) is 0 Å². The minimum atomic E-state index is -0.918. The van der Waals surface area contributed by atoms with Gasteiger partial charge in [0, 0.05) is 18.0 Å². The number of aromatic nitrogens is 3. The lowest BCUT2D eigenvalue weighted by atomic mass is 10.1. The normalized spacial score (nSPS) is 22.6. The maximum atomic E-state index is 12.7. The van der Waals surface area contributed by atoms with Crippen molar-refractivity contribution < 1.29 is 19.4 Å². The number of nitrogens with one attached hydrogen (secondary N) is 1. The SMILES string of the molecule is CC[C@H]1O[C@@H](n2ccc(NC(=O)c3ccccc3)nc2=O)[C@@H](OCc2ccccn2)C1O. The van der Waals surface area contributed by atoms with E-state index in [0.717, 1.165) is 0 Å². The fourth-order valence-electron chi connectivity index (χ4n) is 3.58. The van der Waals surface area contributed by atoms with Gasteiger partial charge in [0.15, 0.2) is 6.23 Å². The Kier molecular flexibility index (Phi) is 6.69. The van der Waals surface area contributed by atoms with Gasteiger partial charge in [-0.3, -0.25) is 14.3 Å². The second kappa shape index (κ2) is 9.82. The first-order valence-electron chi connectivity index (χ1n) is 10.4. The summed E-state index contributed by atoms with van der Waals surface area (Å²) < 4.78 is 13.1. The summed E-state index contributed by atoms with van der Waals surface area (Å²) in [5.41, 5.74) is 0.522. The van der Waals surface area contributed by atoms with Gasteiger partial charge in [0.25, 0.3) is 5.91 Å². The lowest BCUT2D eigenvalue weighted by Gasteiger charge is -2.22. The van der Waals surface area contributed by atoms with E-state index in [1.54, 1.807) is 36.5 Å². The number of aliphatic hydroxyl groups excluding tert-OH is 1. The fourth-order valence-corrected chi connectivity index (χ4v) is 3.58. The predicted molar refractivity (Wildman–Crippen MR) is 116 cm³/mol. The van der Waals surface area contributed by atoms with Crippen molar-refractivity contribution in [2.75, 3.05) is 5.32 Å². The molecule has 2 aromatic heterocycles. The molecule has 1 fully saturated rings. The van der Waals surface area contributed by atoms with E-state index in [2.05, 4.69) is 15.3 Å². The molecule has 1 aliphatic heterocycles. The Morgan fingerprint density at radius 3 is 2.66 bits per heavy atom. The number of amides is 1. The van der Waals surface area contributed by atoms with Crippen molar-refractivity contribution >= 4 is 11.7 Å². The second-order valence-corrected chi connectivity index (χ2v) is 7.38. The molecular weight excluding hydrogens is 412 g/mol. The lowest BCUT2D eigenvalue weighted by Crippen LogP contribution is -2.37. The third-order valence-corrected chi connectivity index (χ3v) is 5.25. The molecule has 1 unspecified atom stereocenters. The van der Waals surface area contributed by atoms with E-state index in [1.807, 2.05) is 25.1 Å². The molecule has 9 nitrogen and oxygen atoms in total. The summed E-state index contributed by atoms with van der Waals surface area (Å²) in [5.74, 6) is -0.248. The number of hydrogen-bond acceptors (Lipinski definition) is 7. The molecule has 2 N–H and O–H groups in total. The van der Waals surface area contributed by atoms with Crippen LogP contribution in [0.5, 0.6) is 0 Å². The van der Waals surface area contributed by atoms with Gasteiger partial charge in [0.05, 0.1) is 18.4 Å². The van der Waals surface area contributed by atoms with Crippen LogP contribution in [0.15, 0.2) is 71.8 Å². The number of anilines is 1. The van der Waals surface area contributed by atoms with Gasteiger partial charge in [-0.05, 0) is 36.8 Å². The summed E-state index contributed by atoms with van der Waals surface area (Å²) >= 11 is 0. The highest BCUT2D eigenvalue weighted by Gasteiger charge is 2.45. The Hall–Kier alpha value is -3.40. The second-order valence-electron chi connectivity index (χ2n) is 7.38. The number of nitrogens with zero attached hydrogens (tertiary/aromatic N) is 3. The maximum Gasteiger partial charge on any atom is 0.351 e. The number of hydrogen-bond donors (Lipinski definition) is 2. The van der Waals surface area contributed by atoms with Gasteiger partial charge in [0.1, 0.15) is 18.0 Å². The van der Waals surface area contributed by atoms with E-state index >= 15 is 0 Å². The van der Waals surface area contributed by atoms with Crippen LogP contribution >= 0.6 is 0 Å². The van der Waals surface area contributed by atoms with Crippen LogP contribution in [0.2, 0.25) is 0 Å². The molecule has 1 amide bonds. The first kappa shape index (κ1) is 21.8. The monoisotopic (exact) mass is 436 g/mol. The zero-order chi connectivity index (χ0) is 22.5. The molecule has 3 heterocycles. The topological polar surface area (TPSA) is 116 Å². The molecule has 32 heavy (non-hydrogen) atoms. The van der Waals surface area contributed by atoms with Crippen LogP contribution in [0.1, 0.15) is 35.6 Å². The smallest absolute Gasteiger partial charge is 0.351 e. The van der Waals surface area contributed by atoms with Crippen LogP contribution in [-0.2, 0) is 16.1 Å². The Morgan fingerprint density at radius 2 is 1.97 bits per heavy atom. The van der Waals surface area contributed by atoms with Gasteiger partial charge in [-0.1, -0.05) is 31.2 Å². The summed E-state index contributed by atoms with van der Waals surface area (Å²) in [7, 11) is 0. The van der Waals surface area contributed by atoms with Gasteiger partial charge in [0.2, 0.25) is 0 Å². The molecule has 0 saturated carbocycles. The van der Waals surface area contributed by atoms with Crippen LogP contribution in [0.4, 0.5) is 5.82 Å². The Bertz CT molecular complexity index is 1110. The van der Waals surface area contributed by atoms with E-state index in [9.17, 15) is 14.7 Å². The number of aliphatic hydroxyl groups is 1. The van der Waals surface area contributed by atoms with Crippen LogP contribution < -0.4 is 11.0 Å². The van der Waals surface area contributed by atoms with Gasteiger partial charge < -0.3 is 19.9 Å². The van der Waals surface area contributed by atoms with Crippen LogP contribution in [0.25, 0.3) is 0 Å². The molecule has 1 aromatic carbocycles. The molecule has 9 heteroatoms.